The van der Waals surface area contributed by atoms with Gasteiger partial charge in [0.1, 0.15) is 0 Å². The van der Waals surface area contributed by atoms with Gasteiger partial charge in [0.25, 0.3) is 0 Å². The van der Waals surface area contributed by atoms with E-state index in [2.05, 4.69) is 5.32 Å². The zero-order valence-electron chi connectivity index (χ0n) is 10.7. The summed E-state index contributed by atoms with van der Waals surface area (Å²) in [7, 11) is 1.97. The minimum absolute atomic E-state index is 0.306. The molecule has 0 aliphatic carbocycles. The van der Waals surface area contributed by atoms with Gasteiger partial charge in [0.05, 0.1) is 0 Å². The third-order valence-electron chi connectivity index (χ3n) is 2.67. The Labute approximate surface area is 94.2 Å². The Balaban J connectivity index is 0.000000921. The molecule has 0 bridgehead atoms. The number of hydrogen-bond acceptors (Lipinski definition) is 2. The summed E-state index contributed by atoms with van der Waals surface area (Å²) in [6, 6.07) is 0. The molecule has 0 saturated carbocycles. The van der Waals surface area contributed by atoms with Gasteiger partial charge < -0.3 is 10.2 Å². The number of amides is 1. The van der Waals surface area contributed by atoms with Crippen molar-refractivity contribution in [3.8, 4) is 0 Å². The van der Waals surface area contributed by atoms with E-state index >= 15 is 0 Å². The molecule has 0 spiro atoms. The standard InChI is InChI=1S/C10H20N2O.C2H6/c1-3-10(13)12-6-4-5-9(8-12)7-11-2;1-2/h9,11H,3-8H2,1-2H3;1-2H3. The largest absolute Gasteiger partial charge is 0.342 e. The summed E-state index contributed by atoms with van der Waals surface area (Å²) in [4.78, 5) is 13.4. The highest BCUT2D eigenvalue weighted by Gasteiger charge is 2.21. The van der Waals surface area contributed by atoms with Crippen molar-refractivity contribution in [2.24, 2.45) is 5.92 Å². The molecule has 1 amide bonds. The minimum atomic E-state index is 0.306. The van der Waals surface area contributed by atoms with Crippen LogP contribution in [0.1, 0.15) is 40.0 Å². The van der Waals surface area contributed by atoms with Crippen molar-refractivity contribution in [2.45, 2.75) is 40.0 Å². The summed E-state index contributed by atoms with van der Waals surface area (Å²) in [5.74, 6) is 0.968. The van der Waals surface area contributed by atoms with Gasteiger partial charge >= 0.3 is 0 Å². The van der Waals surface area contributed by atoms with Crippen LogP contribution < -0.4 is 5.32 Å². The van der Waals surface area contributed by atoms with Crippen LogP contribution in [-0.2, 0) is 4.79 Å². The third kappa shape index (κ3) is 5.17. The molecule has 0 radical (unpaired) electrons. The van der Waals surface area contributed by atoms with Crippen LogP contribution in [0.4, 0.5) is 0 Å². The molecule has 3 heteroatoms. The number of rotatable bonds is 3. The van der Waals surface area contributed by atoms with E-state index in [1.807, 2.05) is 32.7 Å². The van der Waals surface area contributed by atoms with Gasteiger partial charge in [-0.25, -0.2) is 0 Å². The fourth-order valence-electron chi connectivity index (χ4n) is 1.97. The number of nitrogens with one attached hydrogen (secondary N) is 1. The molecule has 90 valence electrons. The van der Waals surface area contributed by atoms with E-state index in [0.717, 1.165) is 26.1 Å². The second kappa shape index (κ2) is 8.72. The Morgan fingerprint density at radius 2 is 2.13 bits per heavy atom. The Hall–Kier alpha value is -0.570. The van der Waals surface area contributed by atoms with Crippen LogP contribution in [0.3, 0.4) is 0 Å². The summed E-state index contributed by atoms with van der Waals surface area (Å²) in [6.45, 7) is 8.89. The summed E-state index contributed by atoms with van der Waals surface area (Å²) in [5, 5.41) is 3.18. The number of carbonyl (C=O) groups is 1. The van der Waals surface area contributed by atoms with Gasteiger partial charge in [-0.3, -0.25) is 4.79 Å². The van der Waals surface area contributed by atoms with Crippen molar-refractivity contribution in [2.75, 3.05) is 26.7 Å². The van der Waals surface area contributed by atoms with Crippen molar-refractivity contribution in [1.82, 2.24) is 10.2 Å². The summed E-state index contributed by atoms with van der Waals surface area (Å²) >= 11 is 0. The molecule has 1 aliphatic rings. The van der Waals surface area contributed by atoms with E-state index in [9.17, 15) is 4.79 Å². The highest BCUT2D eigenvalue weighted by atomic mass is 16.2. The lowest BCUT2D eigenvalue weighted by Crippen LogP contribution is -2.42. The van der Waals surface area contributed by atoms with Crippen molar-refractivity contribution >= 4 is 5.91 Å². The van der Waals surface area contributed by atoms with E-state index in [-0.39, 0.29) is 0 Å². The van der Waals surface area contributed by atoms with E-state index in [1.54, 1.807) is 0 Å². The number of nitrogens with zero attached hydrogens (tertiary/aromatic N) is 1. The Kier molecular flexibility index (Phi) is 8.38. The van der Waals surface area contributed by atoms with Crippen molar-refractivity contribution in [3.05, 3.63) is 0 Å². The maximum absolute atomic E-state index is 11.4. The predicted octanol–water partition coefficient (Wildman–Crippen LogP) is 1.88. The topological polar surface area (TPSA) is 32.3 Å². The number of carbonyl (C=O) groups excluding carboxylic acids is 1. The first-order chi connectivity index (χ1) is 7.27. The second-order valence-electron chi connectivity index (χ2n) is 3.76. The molecule has 1 atom stereocenters. The van der Waals surface area contributed by atoms with E-state index in [4.69, 9.17) is 0 Å². The monoisotopic (exact) mass is 214 g/mol. The highest BCUT2D eigenvalue weighted by molar-refractivity contribution is 5.75. The SMILES string of the molecule is CC.CCC(=O)N1CCCC(CNC)C1. The number of hydrogen-bond donors (Lipinski definition) is 1. The predicted molar refractivity (Wildman–Crippen MR) is 64.9 cm³/mol. The molecule has 1 fully saturated rings. The molecule has 1 unspecified atom stereocenters. The lowest BCUT2D eigenvalue weighted by Gasteiger charge is -2.32. The molecule has 1 rings (SSSR count). The molecule has 1 saturated heterocycles. The minimum Gasteiger partial charge on any atom is -0.342 e. The number of piperidine rings is 1. The van der Waals surface area contributed by atoms with Crippen LogP contribution in [0.5, 0.6) is 0 Å². The molecular weight excluding hydrogens is 188 g/mol. The maximum Gasteiger partial charge on any atom is 0.222 e. The van der Waals surface area contributed by atoms with Crippen LogP contribution in [0, 0.1) is 5.92 Å². The van der Waals surface area contributed by atoms with Crippen LogP contribution in [0.25, 0.3) is 0 Å². The molecule has 0 aromatic heterocycles. The van der Waals surface area contributed by atoms with E-state index < -0.39 is 0 Å². The second-order valence-corrected chi connectivity index (χ2v) is 3.76. The first kappa shape index (κ1) is 14.4. The van der Waals surface area contributed by atoms with Gasteiger partial charge in [-0.1, -0.05) is 20.8 Å². The van der Waals surface area contributed by atoms with Gasteiger partial charge in [-0.05, 0) is 32.4 Å². The number of likely N-dealkylation sites (tertiary alicyclic amines) is 1. The lowest BCUT2D eigenvalue weighted by molar-refractivity contribution is -0.132. The normalized spacial score (nSPS) is 20.5. The quantitative estimate of drug-likeness (QED) is 0.778. The zero-order valence-corrected chi connectivity index (χ0v) is 10.7. The first-order valence-electron chi connectivity index (χ1n) is 6.20. The zero-order chi connectivity index (χ0) is 11.7. The van der Waals surface area contributed by atoms with Gasteiger partial charge in [-0.15, -0.1) is 0 Å². The molecular formula is C12H26N2O. The van der Waals surface area contributed by atoms with Crippen molar-refractivity contribution in [1.29, 1.82) is 0 Å². The van der Waals surface area contributed by atoms with Crippen molar-refractivity contribution < 1.29 is 4.79 Å². The molecule has 1 heterocycles. The molecule has 3 nitrogen and oxygen atoms in total. The van der Waals surface area contributed by atoms with Crippen LogP contribution in [0.15, 0.2) is 0 Å². The first-order valence-corrected chi connectivity index (χ1v) is 6.20. The lowest BCUT2D eigenvalue weighted by atomic mass is 9.98. The summed E-state index contributed by atoms with van der Waals surface area (Å²) < 4.78 is 0. The van der Waals surface area contributed by atoms with Gasteiger partial charge in [0.2, 0.25) is 5.91 Å². The summed E-state index contributed by atoms with van der Waals surface area (Å²) in [6.07, 6.45) is 3.07. The van der Waals surface area contributed by atoms with Crippen LogP contribution in [-0.4, -0.2) is 37.5 Å². The summed E-state index contributed by atoms with van der Waals surface area (Å²) in [5.41, 5.74) is 0. The molecule has 0 aromatic rings. The molecule has 1 N–H and O–H groups in total. The van der Waals surface area contributed by atoms with Gasteiger partial charge in [-0.2, -0.15) is 0 Å². The smallest absolute Gasteiger partial charge is 0.222 e. The highest BCUT2D eigenvalue weighted by Crippen LogP contribution is 2.16. The van der Waals surface area contributed by atoms with E-state index in [0.29, 0.717) is 18.2 Å². The average Bonchev–Trinajstić information content (AvgIpc) is 2.31. The van der Waals surface area contributed by atoms with Crippen molar-refractivity contribution in [3.63, 3.8) is 0 Å². The van der Waals surface area contributed by atoms with Crippen LogP contribution >= 0.6 is 0 Å². The third-order valence-corrected chi connectivity index (χ3v) is 2.67. The maximum atomic E-state index is 11.4. The molecule has 15 heavy (non-hydrogen) atoms. The molecule has 0 aromatic carbocycles. The van der Waals surface area contributed by atoms with Gasteiger partial charge in [0.15, 0.2) is 0 Å². The Bertz CT molecular complexity index is 169. The van der Waals surface area contributed by atoms with Crippen LogP contribution in [0.2, 0.25) is 0 Å². The van der Waals surface area contributed by atoms with E-state index in [1.165, 1.54) is 6.42 Å². The Morgan fingerprint density at radius 1 is 1.47 bits per heavy atom. The van der Waals surface area contributed by atoms with Gasteiger partial charge in [0, 0.05) is 19.5 Å². The molecule has 1 aliphatic heterocycles. The fraction of sp³-hybridized carbons (Fsp3) is 0.917. The average molecular weight is 214 g/mol. The Morgan fingerprint density at radius 3 is 2.67 bits per heavy atom. The fourth-order valence-corrected chi connectivity index (χ4v) is 1.97.